The summed E-state index contributed by atoms with van der Waals surface area (Å²) in [5.74, 6) is -0.676. The summed E-state index contributed by atoms with van der Waals surface area (Å²) in [5.41, 5.74) is 1.57. The van der Waals surface area contributed by atoms with E-state index in [9.17, 15) is 13.6 Å². The summed E-state index contributed by atoms with van der Waals surface area (Å²) < 4.78 is 33.6. The molecule has 2 heterocycles. The van der Waals surface area contributed by atoms with Gasteiger partial charge in [0.05, 0.1) is 11.5 Å². The first-order valence-electron chi connectivity index (χ1n) is 9.57. The Morgan fingerprint density at radius 1 is 1.07 bits per heavy atom. The van der Waals surface area contributed by atoms with Crippen molar-refractivity contribution >= 4 is 33.0 Å². The number of amides is 1. The minimum atomic E-state index is -0.330. The van der Waals surface area contributed by atoms with Crippen LogP contribution in [0.15, 0.2) is 42.5 Å². The maximum atomic E-state index is 14.4. The van der Waals surface area contributed by atoms with Crippen molar-refractivity contribution in [3.63, 3.8) is 0 Å². The molecule has 1 aliphatic heterocycles. The van der Waals surface area contributed by atoms with Gasteiger partial charge in [-0.2, -0.15) is 0 Å². The Hall–Kier alpha value is -2.51. The number of carbonyl (C=O) groups is 1. The lowest BCUT2D eigenvalue weighted by atomic mass is 10.1. The lowest BCUT2D eigenvalue weighted by Crippen LogP contribution is -2.35. The van der Waals surface area contributed by atoms with Crippen molar-refractivity contribution < 1.29 is 18.3 Å². The van der Waals surface area contributed by atoms with E-state index in [-0.39, 0.29) is 24.1 Å². The van der Waals surface area contributed by atoms with Crippen molar-refractivity contribution in [1.29, 1.82) is 0 Å². The van der Waals surface area contributed by atoms with E-state index in [0.29, 0.717) is 35.5 Å². The molecule has 4 nitrogen and oxygen atoms in total. The first-order valence-corrected chi connectivity index (χ1v) is 10.4. The van der Waals surface area contributed by atoms with Gasteiger partial charge in [-0.3, -0.25) is 4.79 Å². The number of hydrogen-bond donors (Lipinski definition) is 0. The van der Waals surface area contributed by atoms with Crippen LogP contribution in [0.4, 0.5) is 14.5 Å². The van der Waals surface area contributed by atoms with Gasteiger partial charge < -0.3 is 14.5 Å². The van der Waals surface area contributed by atoms with Gasteiger partial charge in [0.25, 0.3) is 5.91 Å². The van der Waals surface area contributed by atoms with Gasteiger partial charge in [-0.15, -0.1) is 11.3 Å². The van der Waals surface area contributed by atoms with Crippen LogP contribution >= 0.6 is 11.3 Å². The van der Waals surface area contributed by atoms with Crippen molar-refractivity contribution in [3.8, 4) is 0 Å². The smallest absolute Gasteiger partial charge is 0.264 e. The predicted molar refractivity (Wildman–Crippen MR) is 112 cm³/mol. The Kier molecular flexibility index (Phi) is 5.78. The van der Waals surface area contributed by atoms with Crippen LogP contribution in [-0.2, 0) is 11.3 Å². The number of benzene rings is 2. The van der Waals surface area contributed by atoms with Gasteiger partial charge in [0.1, 0.15) is 11.6 Å². The Morgan fingerprint density at radius 2 is 1.86 bits per heavy atom. The van der Waals surface area contributed by atoms with Crippen molar-refractivity contribution in [2.24, 2.45) is 0 Å². The first kappa shape index (κ1) is 19.8. The highest BCUT2D eigenvalue weighted by molar-refractivity contribution is 7.21. The number of rotatable bonds is 4. The number of anilines is 1. The van der Waals surface area contributed by atoms with Gasteiger partial charge in [0, 0.05) is 54.6 Å². The Labute approximate surface area is 172 Å². The zero-order valence-corrected chi connectivity index (χ0v) is 17.0. The summed E-state index contributed by atoms with van der Waals surface area (Å²) in [6, 6.07) is 11.3. The van der Waals surface area contributed by atoms with E-state index in [0.717, 1.165) is 23.4 Å². The molecule has 4 rings (SSSR count). The standard InChI is InChI=1S/C22H22F2N2O2S/c1-28-14-17-20-18(24)4-2-5-19(20)29-21(17)22(27)26-11-3-10-25(12-13-26)16-8-6-15(23)7-9-16/h2,4-9H,3,10-14H2,1H3. The van der Waals surface area contributed by atoms with Crippen LogP contribution in [0, 0.1) is 11.6 Å². The summed E-state index contributed by atoms with van der Waals surface area (Å²) >= 11 is 1.32. The van der Waals surface area contributed by atoms with Crippen LogP contribution in [-0.4, -0.2) is 44.1 Å². The third kappa shape index (κ3) is 3.97. The SMILES string of the molecule is COCc1c(C(=O)N2CCCN(c3ccc(F)cc3)CC2)sc2cccc(F)c12. The van der Waals surface area contributed by atoms with Crippen molar-refractivity contribution in [3.05, 3.63) is 64.5 Å². The molecule has 0 saturated carbocycles. The van der Waals surface area contributed by atoms with Gasteiger partial charge in [-0.25, -0.2) is 8.78 Å². The second kappa shape index (κ2) is 8.47. The quantitative estimate of drug-likeness (QED) is 0.619. The van der Waals surface area contributed by atoms with E-state index in [2.05, 4.69) is 4.90 Å². The summed E-state index contributed by atoms with van der Waals surface area (Å²) in [5, 5.41) is 0.477. The molecule has 0 bridgehead atoms. The molecule has 0 radical (unpaired) electrons. The number of fused-ring (bicyclic) bond motifs is 1. The average Bonchev–Trinajstić information content (AvgIpc) is 2.92. The van der Waals surface area contributed by atoms with Gasteiger partial charge in [0.15, 0.2) is 0 Å². The first-order chi connectivity index (χ1) is 14.1. The highest BCUT2D eigenvalue weighted by Crippen LogP contribution is 2.34. The minimum Gasteiger partial charge on any atom is -0.380 e. The third-order valence-electron chi connectivity index (χ3n) is 5.22. The van der Waals surface area contributed by atoms with Crippen molar-refractivity contribution in [2.75, 3.05) is 38.2 Å². The molecule has 0 unspecified atom stereocenters. The number of methoxy groups -OCH3 is 1. The van der Waals surface area contributed by atoms with Crippen LogP contribution in [0.3, 0.4) is 0 Å². The van der Waals surface area contributed by atoms with Gasteiger partial charge in [-0.1, -0.05) is 6.07 Å². The number of thiophene rings is 1. The highest BCUT2D eigenvalue weighted by atomic mass is 32.1. The molecule has 0 atom stereocenters. The minimum absolute atomic E-state index is 0.0846. The molecule has 0 spiro atoms. The maximum absolute atomic E-state index is 14.4. The van der Waals surface area contributed by atoms with Gasteiger partial charge >= 0.3 is 0 Å². The second-order valence-electron chi connectivity index (χ2n) is 7.06. The number of nitrogens with zero attached hydrogens (tertiary/aromatic N) is 2. The Morgan fingerprint density at radius 3 is 2.62 bits per heavy atom. The number of halogens is 2. The molecular formula is C22H22F2N2O2S. The lowest BCUT2D eigenvalue weighted by molar-refractivity contribution is 0.0767. The third-order valence-corrected chi connectivity index (χ3v) is 6.41. The fourth-order valence-electron chi connectivity index (χ4n) is 3.80. The molecule has 0 aliphatic carbocycles. The second-order valence-corrected chi connectivity index (χ2v) is 8.12. The lowest BCUT2D eigenvalue weighted by Gasteiger charge is -2.23. The molecule has 7 heteroatoms. The summed E-state index contributed by atoms with van der Waals surface area (Å²) in [6.07, 6.45) is 0.808. The fraction of sp³-hybridized carbons (Fsp3) is 0.318. The van der Waals surface area contributed by atoms with E-state index in [1.807, 2.05) is 11.0 Å². The summed E-state index contributed by atoms with van der Waals surface area (Å²) in [7, 11) is 1.55. The molecule has 0 N–H and O–H groups in total. The number of hydrogen-bond acceptors (Lipinski definition) is 4. The van der Waals surface area contributed by atoms with E-state index in [1.54, 1.807) is 25.3 Å². The van der Waals surface area contributed by atoms with E-state index >= 15 is 0 Å². The monoisotopic (exact) mass is 416 g/mol. The Balaban J connectivity index is 1.58. The van der Waals surface area contributed by atoms with Crippen molar-refractivity contribution in [2.45, 2.75) is 13.0 Å². The average molecular weight is 416 g/mol. The van der Waals surface area contributed by atoms with Crippen LogP contribution in [0.2, 0.25) is 0 Å². The van der Waals surface area contributed by atoms with Crippen LogP contribution in [0.5, 0.6) is 0 Å². The zero-order valence-electron chi connectivity index (χ0n) is 16.2. The number of ether oxygens (including phenoxy) is 1. The Bertz CT molecular complexity index is 1020. The number of carbonyl (C=O) groups excluding carboxylic acids is 1. The highest BCUT2D eigenvalue weighted by Gasteiger charge is 2.26. The van der Waals surface area contributed by atoms with Crippen LogP contribution in [0.25, 0.3) is 10.1 Å². The molecule has 3 aromatic rings. The van der Waals surface area contributed by atoms with E-state index in [4.69, 9.17) is 4.74 Å². The maximum Gasteiger partial charge on any atom is 0.264 e. The molecule has 152 valence electrons. The molecule has 1 amide bonds. The zero-order chi connectivity index (χ0) is 20.4. The van der Waals surface area contributed by atoms with E-state index in [1.165, 1.54) is 29.5 Å². The molecule has 29 heavy (non-hydrogen) atoms. The molecule has 1 saturated heterocycles. The molecule has 1 fully saturated rings. The molecule has 1 aromatic heterocycles. The van der Waals surface area contributed by atoms with Gasteiger partial charge in [-0.05, 0) is 42.8 Å². The normalized spacial score (nSPS) is 15.0. The summed E-state index contributed by atoms with van der Waals surface area (Å²) in [6.45, 7) is 2.83. The molecule has 1 aliphatic rings. The topological polar surface area (TPSA) is 32.8 Å². The van der Waals surface area contributed by atoms with Gasteiger partial charge in [0.2, 0.25) is 0 Å². The summed E-state index contributed by atoms with van der Waals surface area (Å²) in [4.78, 5) is 17.8. The molecule has 2 aromatic carbocycles. The van der Waals surface area contributed by atoms with E-state index < -0.39 is 0 Å². The predicted octanol–water partition coefficient (Wildman–Crippen LogP) is 4.68. The fourth-order valence-corrected chi connectivity index (χ4v) is 4.99. The van der Waals surface area contributed by atoms with Crippen LogP contribution in [0.1, 0.15) is 21.7 Å². The molecular weight excluding hydrogens is 394 g/mol. The van der Waals surface area contributed by atoms with Crippen molar-refractivity contribution in [1.82, 2.24) is 4.90 Å². The van der Waals surface area contributed by atoms with Crippen LogP contribution < -0.4 is 4.90 Å². The largest absolute Gasteiger partial charge is 0.380 e.